The van der Waals surface area contributed by atoms with E-state index in [9.17, 15) is 0 Å². The molecular formula is C102H75N19O+6. The first-order valence-corrected chi connectivity index (χ1v) is 40.4. The van der Waals surface area contributed by atoms with Gasteiger partial charge in [-0.25, -0.2) is 34.1 Å². The van der Waals surface area contributed by atoms with Gasteiger partial charge >= 0.3 is 0 Å². The zero-order chi connectivity index (χ0) is 83.2. The van der Waals surface area contributed by atoms with Gasteiger partial charge in [0.1, 0.15) is 72.8 Å². The van der Waals surface area contributed by atoms with Crippen molar-refractivity contribution < 1.29 is 32.5 Å². The average Bonchev–Trinajstić information content (AvgIpc) is 1.60. The Balaban J connectivity index is 0.0000000905. The van der Waals surface area contributed by atoms with Gasteiger partial charge < -0.3 is 4.42 Å². The van der Waals surface area contributed by atoms with Crippen molar-refractivity contribution >= 4 is 122 Å². The number of aromatic nitrogens is 13. The molecule has 26 rings (SSSR count). The van der Waals surface area contributed by atoms with Crippen LogP contribution in [-0.2, 0) is 39.3 Å². The van der Waals surface area contributed by atoms with Crippen LogP contribution in [0.1, 0.15) is 72.3 Å². The molecule has 6 aliphatic heterocycles. The molecule has 0 unspecified atom stereocenters. The Labute approximate surface area is 701 Å². The second-order valence-electron chi connectivity index (χ2n) is 32.1. The molecule has 0 atom stereocenters. The topological polar surface area (TPSA) is 105 Å². The fourth-order valence-corrected chi connectivity index (χ4v) is 18.9. The fraction of sp³-hybridized carbons (Fsp3) is 0.127. The van der Waals surface area contributed by atoms with E-state index in [1.54, 1.807) is 6.20 Å². The van der Waals surface area contributed by atoms with Crippen molar-refractivity contribution in [2.45, 2.75) is 87.7 Å². The van der Waals surface area contributed by atoms with Crippen molar-refractivity contribution in [1.82, 2.24) is 33.1 Å². The van der Waals surface area contributed by atoms with Gasteiger partial charge in [0.05, 0.1) is 82.9 Å². The summed E-state index contributed by atoms with van der Waals surface area (Å²) in [5.74, 6) is 0. The van der Waals surface area contributed by atoms with Crippen LogP contribution in [0.3, 0.4) is 0 Å². The molecule has 20 nitrogen and oxygen atoms in total. The minimum Gasteiger partial charge on any atom is -0.438 e. The van der Waals surface area contributed by atoms with Crippen LogP contribution < -0.4 is 28.1 Å². The van der Waals surface area contributed by atoms with Crippen LogP contribution in [-0.4, -0.2) is 33.1 Å². The molecule has 0 radical (unpaired) electrons. The molecule has 0 aliphatic carbocycles. The highest BCUT2D eigenvalue weighted by Gasteiger charge is 2.37. The first kappa shape index (κ1) is 73.0. The molecule has 0 saturated carbocycles. The Morgan fingerprint density at radius 1 is 0.311 bits per heavy atom. The number of benzene rings is 12. The first-order valence-electron chi connectivity index (χ1n) is 40.4. The third-order valence-electron chi connectivity index (χ3n) is 24.6. The predicted molar refractivity (Wildman–Crippen MR) is 471 cm³/mol. The molecule has 0 saturated heterocycles. The molecule has 20 heteroatoms. The van der Waals surface area contributed by atoms with E-state index in [1.807, 2.05) is 109 Å². The lowest BCUT2D eigenvalue weighted by Gasteiger charge is -2.08. The van der Waals surface area contributed by atoms with Gasteiger partial charge in [0.15, 0.2) is 56.3 Å². The molecule has 8 aromatic heterocycles. The number of pyridine rings is 1. The summed E-state index contributed by atoms with van der Waals surface area (Å²) in [5, 5.41) is 9.01. The third-order valence-corrected chi connectivity index (χ3v) is 24.6. The largest absolute Gasteiger partial charge is 0.438 e. The van der Waals surface area contributed by atoms with Crippen LogP contribution in [0, 0.1) is 87.9 Å². The van der Waals surface area contributed by atoms with Crippen LogP contribution in [0.4, 0.5) is 34.1 Å². The lowest BCUT2D eigenvalue weighted by atomic mass is 9.98. The standard InChI is InChI=1S/C20H11N4O.C18H16N3.C17H14N3.2C16H12N3.C15H10N3/c1-21-14-5-4-12-10-23-11-13-7-16-15-3-2-6-22-20(15)25-19(16)9-18(13)24(23)17(12)8-14;1-11-7-12(2)18-16(13(11)3)10-20-9-14-5-6-15(19-4)8-17(14)21(18)20;1-11-4-5-12(2)17-15(11)10-19-9-13-6-7-14(18-3)8-16(13)20(17)19;1-11-6-7-12-9-18-10-13-4-3-5-14(17-2)16(13)19(18)15(12)8-11;1-11-6-7-15-13(8-11)10-18-9-12-4-3-5-14(17-2)16(12)19(15)18;1-16-13-7-4-6-12-10-17-9-11-5-2-3-8-14(11)18(17)15(12)13/h2-10H,11H2;5-9H,10H2,1-3H3;4-9H,10H2,1-2H3;3-8,10H,9H2,1H3;3-9H,10H2,1H3;2-8,10H,9H2/q6*+1. The molecule has 0 spiro atoms. The molecular weight excluding hydrogens is 1510 g/mol. The van der Waals surface area contributed by atoms with Crippen molar-refractivity contribution in [2.75, 3.05) is 0 Å². The SMILES string of the molecule is [C-]#[N+]c1ccc2c[n+]3n(c2c1)-c1c(C)cc(C)c(C)c1C3.[C-]#[N+]c1ccc2c[n+]3n(c2c1)-c1c(C)ccc(C)c1C3.[C-]#[N+]c1ccc2c[n+]3n(c2c1)-c1cc2oc4ncccc4c2cc1C3.[C-]#[N+]c1cccc2c[n+]3n(c12)-c1cc(C)ccc1C3.[C-]#[N+]c1cccc2c[n+]3n(c12)-c1ccc(C)cc1C3.[C-]#[N+]c1cccc2c[n+]3n(c12)-c1ccccc1C3. The number of fused-ring (bicyclic) bond motifs is 33. The number of para-hydroxylation sites is 4. The Hall–Kier alpha value is -16.7. The second-order valence-corrected chi connectivity index (χ2v) is 32.1. The molecule has 578 valence electrons. The smallest absolute Gasteiger partial charge is 0.227 e. The van der Waals surface area contributed by atoms with Crippen molar-refractivity contribution in [3.8, 4) is 34.1 Å². The molecule has 0 amide bonds. The monoisotopic (exact) mass is 1580 g/mol. The Kier molecular flexibility index (Phi) is 17.0. The lowest BCUT2D eigenvalue weighted by Crippen LogP contribution is -2.36. The van der Waals surface area contributed by atoms with Crippen LogP contribution in [0.2, 0.25) is 0 Å². The highest BCUT2D eigenvalue weighted by molar-refractivity contribution is 6.05. The van der Waals surface area contributed by atoms with E-state index in [0.29, 0.717) is 39.8 Å². The second kappa shape index (κ2) is 28.3. The number of hydrogen-bond acceptors (Lipinski definition) is 2. The van der Waals surface area contributed by atoms with Crippen molar-refractivity contribution in [3.63, 3.8) is 0 Å². The van der Waals surface area contributed by atoms with Crippen molar-refractivity contribution in [3.05, 3.63) is 397 Å². The summed E-state index contributed by atoms with van der Waals surface area (Å²) in [6.45, 7) is 64.0. The molecule has 6 aliphatic rings. The lowest BCUT2D eigenvalue weighted by molar-refractivity contribution is -0.749. The maximum atomic E-state index is 7.36. The average molecular weight is 1580 g/mol. The van der Waals surface area contributed by atoms with E-state index in [0.717, 1.165) is 116 Å². The number of aryl methyl sites for hydroxylation is 6. The number of rotatable bonds is 0. The Morgan fingerprint density at radius 2 is 0.762 bits per heavy atom. The van der Waals surface area contributed by atoms with Crippen molar-refractivity contribution in [1.29, 1.82) is 0 Å². The first-order chi connectivity index (χ1) is 59.5. The Bertz CT molecular complexity index is 8280. The van der Waals surface area contributed by atoms with E-state index in [2.05, 4.69) is 279 Å². The molecule has 12 aromatic carbocycles. The summed E-state index contributed by atoms with van der Waals surface area (Å²) in [4.78, 5) is 25.9. The Morgan fingerprint density at radius 3 is 1.33 bits per heavy atom. The van der Waals surface area contributed by atoms with Gasteiger partial charge in [-0.3, -0.25) is 0 Å². The molecule has 0 bridgehead atoms. The highest BCUT2D eigenvalue weighted by atomic mass is 16.3. The molecule has 0 N–H and O–H groups in total. The quantitative estimate of drug-likeness (QED) is 0.111. The summed E-state index contributed by atoms with van der Waals surface area (Å²) in [6.07, 6.45) is 14.6. The maximum absolute atomic E-state index is 7.36. The number of hydrogen-bond donors (Lipinski definition) is 0. The number of nitrogens with zero attached hydrogens (tertiary/aromatic N) is 19. The minimum absolute atomic E-state index is 0.650. The van der Waals surface area contributed by atoms with Gasteiger partial charge in [0.2, 0.25) is 60.0 Å². The van der Waals surface area contributed by atoms with Gasteiger partial charge in [0.25, 0.3) is 0 Å². The van der Waals surface area contributed by atoms with Gasteiger partial charge in [-0.05, 0) is 161 Å². The molecule has 122 heavy (non-hydrogen) atoms. The zero-order valence-electron chi connectivity index (χ0n) is 67.9. The summed E-state index contributed by atoms with van der Waals surface area (Å²) in [6, 6.07) is 71.5. The number of furan rings is 1. The van der Waals surface area contributed by atoms with E-state index in [1.165, 1.54) is 112 Å². The van der Waals surface area contributed by atoms with Gasteiger partial charge in [-0.15, -0.1) is 56.2 Å². The van der Waals surface area contributed by atoms with E-state index >= 15 is 0 Å². The van der Waals surface area contributed by atoms with E-state index in [-0.39, 0.29) is 0 Å². The van der Waals surface area contributed by atoms with E-state index in [4.69, 9.17) is 43.8 Å². The summed E-state index contributed by atoms with van der Waals surface area (Å²) < 4.78 is 32.3. The van der Waals surface area contributed by atoms with Gasteiger partial charge in [-0.1, -0.05) is 133 Å². The normalized spacial score (nSPS) is 12.3. The summed E-state index contributed by atoms with van der Waals surface area (Å²) in [5.41, 5.74) is 36.4. The van der Waals surface area contributed by atoms with Gasteiger partial charge in [-0.2, -0.15) is 0 Å². The van der Waals surface area contributed by atoms with Crippen LogP contribution in [0.5, 0.6) is 0 Å². The predicted octanol–water partition coefficient (Wildman–Crippen LogP) is 20.4. The fourth-order valence-electron chi connectivity index (χ4n) is 18.9. The highest BCUT2D eigenvalue weighted by Crippen LogP contribution is 2.40. The van der Waals surface area contributed by atoms with Gasteiger partial charge in [0, 0.05) is 45.3 Å². The summed E-state index contributed by atoms with van der Waals surface area (Å²) >= 11 is 0. The van der Waals surface area contributed by atoms with Crippen LogP contribution in [0.15, 0.2) is 260 Å². The summed E-state index contributed by atoms with van der Waals surface area (Å²) in [7, 11) is 0. The zero-order valence-corrected chi connectivity index (χ0v) is 67.9. The molecule has 14 heterocycles. The minimum atomic E-state index is 0.650. The third kappa shape index (κ3) is 11.6. The molecule has 0 fully saturated rings. The molecule has 20 aromatic rings. The van der Waals surface area contributed by atoms with Crippen LogP contribution >= 0.6 is 0 Å². The maximum Gasteiger partial charge on any atom is 0.227 e. The van der Waals surface area contributed by atoms with Crippen molar-refractivity contribution in [2.24, 2.45) is 0 Å². The van der Waals surface area contributed by atoms with E-state index < -0.39 is 0 Å². The van der Waals surface area contributed by atoms with Crippen LogP contribution in [0.25, 0.3) is 151 Å².